The van der Waals surface area contributed by atoms with Crippen LogP contribution in [-0.4, -0.2) is 25.2 Å². The molecule has 3 heteroatoms. The Kier molecular flexibility index (Phi) is 4.24. The molecule has 0 bridgehead atoms. The van der Waals surface area contributed by atoms with Gasteiger partial charge in [-0.3, -0.25) is 4.79 Å². The first kappa shape index (κ1) is 12.9. The number of para-hydroxylation sites is 1. The minimum atomic E-state index is -0.0649. The Hall–Kier alpha value is -1.51. The quantitative estimate of drug-likeness (QED) is 0.766. The van der Waals surface area contributed by atoms with E-state index in [1.54, 1.807) is 0 Å². The lowest BCUT2D eigenvalue weighted by Crippen LogP contribution is -2.21. The van der Waals surface area contributed by atoms with Crippen LogP contribution in [0.2, 0.25) is 0 Å². The fourth-order valence-electron chi connectivity index (χ4n) is 2.42. The summed E-state index contributed by atoms with van der Waals surface area (Å²) in [5, 5.41) is 0. The predicted molar refractivity (Wildman–Crippen MR) is 72.6 cm³/mol. The molecule has 1 aliphatic rings. The van der Waals surface area contributed by atoms with Crippen molar-refractivity contribution in [1.82, 2.24) is 0 Å². The van der Waals surface area contributed by atoms with Gasteiger partial charge in [-0.15, -0.1) is 0 Å². The van der Waals surface area contributed by atoms with Crippen molar-refractivity contribution in [3.05, 3.63) is 30.3 Å². The molecule has 1 unspecified atom stereocenters. The van der Waals surface area contributed by atoms with E-state index in [9.17, 15) is 4.79 Å². The molecule has 1 aromatic carbocycles. The second kappa shape index (κ2) is 5.89. The van der Waals surface area contributed by atoms with Gasteiger partial charge >= 0.3 is 5.97 Å². The molecular weight excluding hydrogens is 226 g/mol. The summed E-state index contributed by atoms with van der Waals surface area (Å²) in [7, 11) is 0. The highest BCUT2D eigenvalue weighted by Gasteiger charge is 2.25. The first-order chi connectivity index (χ1) is 8.65. The number of hydrogen-bond donors (Lipinski definition) is 0. The molecule has 1 atom stereocenters. The molecule has 1 heterocycles. The third-order valence-electron chi connectivity index (χ3n) is 3.23. The van der Waals surface area contributed by atoms with Crippen LogP contribution in [0.1, 0.15) is 26.7 Å². The van der Waals surface area contributed by atoms with Gasteiger partial charge in [-0.25, -0.2) is 0 Å². The van der Waals surface area contributed by atoms with Crippen LogP contribution in [-0.2, 0) is 9.53 Å². The van der Waals surface area contributed by atoms with Crippen molar-refractivity contribution in [3.63, 3.8) is 0 Å². The molecule has 3 nitrogen and oxygen atoms in total. The summed E-state index contributed by atoms with van der Waals surface area (Å²) < 4.78 is 5.20. The Bertz CT molecular complexity index is 389. The van der Waals surface area contributed by atoms with Gasteiger partial charge < -0.3 is 9.64 Å². The summed E-state index contributed by atoms with van der Waals surface area (Å²) in [5.74, 6) is 0.362. The average molecular weight is 247 g/mol. The van der Waals surface area contributed by atoms with Gasteiger partial charge in [-0.05, 0) is 38.3 Å². The Labute approximate surface area is 109 Å². The third-order valence-corrected chi connectivity index (χ3v) is 3.23. The van der Waals surface area contributed by atoms with Crippen LogP contribution in [0.4, 0.5) is 5.69 Å². The van der Waals surface area contributed by atoms with Crippen LogP contribution in [0.25, 0.3) is 0 Å². The summed E-state index contributed by atoms with van der Waals surface area (Å²) in [6.45, 7) is 5.77. The lowest BCUT2D eigenvalue weighted by atomic mass is 10.1. The molecule has 0 N–H and O–H groups in total. The summed E-state index contributed by atoms with van der Waals surface area (Å²) in [5.41, 5.74) is 1.25. The highest BCUT2D eigenvalue weighted by atomic mass is 16.5. The zero-order chi connectivity index (χ0) is 13.0. The van der Waals surface area contributed by atoms with Crippen molar-refractivity contribution >= 4 is 11.7 Å². The van der Waals surface area contributed by atoms with Gasteiger partial charge in [0.1, 0.15) is 0 Å². The van der Waals surface area contributed by atoms with E-state index < -0.39 is 0 Å². The molecule has 1 fully saturated rings. The Balaban J connectivity index is 1.84. The predicted octanol–water partition coefficient (Wildman–Crippen LogP) is 2.85. The van der Waals surface area contributed by atoms with E-state index >= 15 is 0 Å². The fraction of sp³-hybridized carbons (Fsp3) is 0.533. The van der Waals surface area contributed by atoms with Gasteiger partial charge in [0.05, 0.1) is 12.5 Å². The van der Waals surface area contributed by atoms with Crippen LogP contribution in [0, 0.1) is 5.92 Å². The normalized spacial score (nSPS) is 19.3. The molecule has 1 aliphatic heterocycles. The maximum Gasteiger partial charge on any atom is 0.306 e. The van der Waals surface area contributed by atoms with Crippen molar-refractivity contribution < 1.29 is 9.53 Å². The number of ether oxygens (including phenoxy) is 1. The molecular formula is C15H21NO2. The van der Waals surface area contributed by atoms with Crippen molar-refractivity contribution in [3.8, 4) is 0 Å². The monoisotopic (exact) mass is 247 g/mol. The lowest BCUT2D eigenvalue weighted by Gasteiger charge is -2.18. The molecule has 18 heavy (non-hydrogen) atoms. The van der Waals surface area contributed by atoms with E-state index in [-0.39, 0.29) is 12.1 Å². The minimum absolute atomic E-state index is 0.0101. The SMILES string of the molecule is CC(C)OC(=O)CC1CCN(c2ccccc2)C1. The van der Waals surface area contributed by atoms with Crippen LogP contribution in [0.3, 0.4) is 0 Å². The molecule has 0 amide bonds. The van der Waals surface area contributed by atoms with Crippen molar-refractivity contribution in [2.75, 3.05) is 18.0 Å². The largest absolute Gasteiger partial charge is 0.463 e. The molecule has 1 saturated heterocycles. The molecule has 2 rings (SSSR count). The standard InChI is InChI=1S/C15H21NO2/c1-12(2)18-15(17)10-13-8-9-16(11-13)14-6-4-3-5-7-14/h3-7,12-13H,8-11H2,1-2H3. The highest BCUT2D eigenvalue weighted by Crippen LogP contribution is 2.25. The van der Waals surface area contributed by atoms with Gasteiger partial charge in [0.15, 0.2) is 0 Å². The molecule has 0 aromatic heterocycles. The number of carbonyl (C=O) groups is 1. The number of carbonyl (C=O) groups excluding carboxylic acids is 1. The number of rotatable bonds is 4. The van der Waals surface area contributed by atoms with E-state index in [2.05, 4.69) is 29.2 Å². The fourth-order valence-corrected chi connectivity index (χ4v) is 2.42. The van der Waals surface area contributed by atoms with E-state index in [1.807, 2.05) is 19.9 Å². The molecule has 98 valence electrons. The summed E-state index contributed by atoms with van der Waals surface area (Å²) in [6.07, 6.45) is 1.60. The second-order valence-electron chi connectivity index (χ2n) is 5.18. The highest BCUT2D eigenvalue weighted by molar-refractivity contribution is 5.70. The minimum Gasteiger partial charge on any atom is -0.463 e. The van der Waals surface area contributed by atoms with Crippen molar-refractivity contribution in [1.29, 1.82) is 0 Å². The third kappa shape index (κ3) is 3.49. The molecule has 0 saturated carbocycles. The Morgan fingerprint density at radius 2 is 2.11 bits per heavy atom. The van der Waals surface area contributed by atoms with Crippen LogP contribution < -0.4 is 4.90 Å². The second-order valence-corrected chi connectivity index (χ2v) is 5.18. The van der Waals surface area contributed by atoms with Crippen molar-refractivity contribution in [2.45, 2.75) is 32.8 Å². The van der Waals surface area contributed by atoms with Gasteiger partial charge in [0, 0.05) is 18.8 Å². The van der Waals surface area contributed by atoms with Crippen LogP contribution >= 0.6 is 0 Å². The maximum absolute atomic E-state index is 11.6. The Morgan fingerprint density at radius 3 is 2.78 bits per heavy atom. The summed E-state index contributed by atoms with van der Waals surface area (Å²) >= 11 is 0. The molecule has 0 spiro atoms. The van der Waals surface area contributed by atoms with Gasteiger partial charge in [-0.1, -0.05) is 18.2 Å². The number of anilines is 1. The van der Waals surface area contributed by atoms with E-state index in [1.165, 1.54) is 5.69 Å². The smallest absolute Gasteiger partial charge is 0.306 e. The van der Waals surface area contributed by atoms with Crippen LogP contribution in [0.5, 0.6) is 0 Å². The van der Waals surface area contributed by atoms with E-state index in [0.717, 1.165) is 19.5 Å². The zero-order valence-electron chi connectivity index (χ0n) is 11.1. The van der Waals surface area contributed by atoms with Gasteiger partial charge in [0.2, 0.25) is 0 Å². The van der Waals surface area contributed by atoms with Gasteiger partial charge in [0.25, 0.3) is 0 Å². The first-order valence-electron chi connectivity index (χ1n) is 6.64. The number of benzene rings is 1. The van der Waals surface area contributed by atoms with Gasteiger partial charge in [-0.2, -0.15) is 0 Å². The molecule has 0 aliphatic carbocycles. The number of hydrogen-bond acceptors (Lipinski definition) is 3. The molecule has 0 radical (unpaired) electrons. The molecule has 1 aromatic rings. The summed E-state index contributed by atoms with van der Waals surface area (Å²) in [4.78, 5) is 14.0. The van der Waals surface area contributed by atoms with Crippen molar-refractivity contribution in [2.24, 2.45) is 5.92 Å². The Morgan fingerprint density at radius 1 is 1.39 bits per heavy atom. The topological polar surface area (TPSA) is 29.5 Å². The number of esters is 1. The maximum atomic E-state index is 11.6. The first-order valence-corrected chi connectivity index (χ1v) is 6.64. The zero-order valence-corrected chi connectivity index (χ0v) is 11.1. The summed E-state index contributed by atoms with van der Waals surface area (Å²) in [6, 6.07) is 10.4. The lowest BCUT2D eigenvalue weighted by molar-refractivity contribution is -0.148. The van der Waals surface area contributed by atoms with E-state index in [4.69, 9.17) is 4.74 Å². The average Bonchev–Trinajstić information content (AvgIpc) is 2.77. The van der Waals surface area contributed by atoms with Crippen LogP contribution in [0.15, 0.2) is 30.3 Å². The van der Waals surface area contributed by atoms with E-state index in [0.29, 0.717) is 12.3 Å². The number of nitrogens with zero attached hydrogens (tertiary/aromatic N) is 1.